The lowest BCUT2D eigenvalue weighted by molar-refractivity contribution is -0.126. The molecule has 88 valence electrons. The summed E-state index contributed by atoms with van der Waals surface area (Å²) >= 11 is 0. The highest BCUT2D eigenvalue weighted by Gasteiger charge is 2.41. The number of amides is 1. The molecule has 0 aliphatic carbocycles. The Balaban J connectivity index is 2.60. The van der Waals surface area contributed by atoms with E-state index in [0.29, 0.717) is 6.42 Å². The zero-order valence-corrected chi connectivity index (χ0v) is 11.8. The average Bonchev–Trinajstić information content (AvgIpc) is 2.27. The van der Waals surface area contributed by atoms with E-state index >= 15 is 0 Å². The summed E-state index contributed by atoms with van der Waals surface area (Å²) in [7, 11) is 0.137. The van der Waals surface area contributed by atoms with Crippen LogP contribution in [0.5, 0.6) is 0 Å². The third kappa shape index (κ3) is 2.81. The van der Waals surface area contributed by atoms with Gasteiger partial charge in [-0.1, -0.05) is 20.8 Å². The molecule has 0 N–H and O–H groups in total. The first kappa shape index (κ1) is 12.7. The molecule has 1 aliphatic rings. The summed E-state index contributed by atoms with van der Waals surface area (Å²) in [4.78, 5) is 13.1. The van der Waals surface area contributed by atoms with Crippen LogP contribution >= 0.6 is 0 Å². The fourth-order valence-corrected chi connectivity index (χ4v) is 2.84. The van der Waals surface area contributed by atoms with E-state index in [1.54, 1.807) is 4.90 Å². The number of rotatable bonds is 2. The third-order valence-corrected chi connectivity index (χ3v) is 8.11. The number of likely N-dealkylation sites (N-methyl/N-ethyl adjacent to an activating group) is 1. The van der Waals surface area contributed by atoms with Crippen molar-refractivity contribution in [1.29, 1.82) is 0 Å². The summed E-state index contributed by atoms with van der Waals surface area (Å²) < 4.78 is 6.18. The Hall–Kier alpha value is -0.353. The molecule has 1 heterocycles. The highest BCUT2D eigenvalue weighted by Crippen LogP contribution is 2.38. The fourth-order valence-electron chi connectivity index (χ4n) is 1.49. The highest BCUT2D eigenvalue weighted by atomic mass is 28.4. The summed E-state index contributed by atoms with van der Waals surface area (Å²) in [5, 5.41) is 0.219. The molecular formula is C11H23NO2Si. The van der Waals surface area contributed by atoms with Gasteiger partial charge in [0.05, 0.1) is 12.5 Å². The Kier molecular flexibility index (Phi) is 3.31. The molecule has 0 spiro atoms. The molecule has 0 aromatic heterocycles. The molecule has 4 heteroatoms. The molecule has 3 nitrogen and oxygen atoms in total. The van der Waals surface area contributed by atoms with Gasteiger partial charge < -0.3 is 9.33 Å². The Labute approximate surface area is 93.9 Å². The van der Waals surface area contributed by atoms with E-state index in [1.165, 1.54) is 0 Å². The minimum atomic E-state index is -1.71. The van der Waals surface area contributed by atoms with Crippen LogP contribution in [0.4, 0.5) is 0 Å². The number of hydrogen-bond donors (Lipinski definition) is 0. The maximum absolute atomic E-state index is 11.4. The average molecular weight is 229 g/mol. The Morgan fingerprint density at radius 3 is 2.27 bits per heavy atom. The molecule has 1 amide bonds. The molecule has 0 aromatic carbocycles. The molecule has 0 saturated carbocycles. The SMILES string of the molecule is CN1CC(O[Si](C)(C)C(C)(C)C)CC1=O. The Bertz CT molecular complexity index is 258. The molecule has 0 radical (unpaired) electrons. The third-order valence-electron chi connectivity index (χ3n) is 3.57. The van der Waals surface area contributed by atoms with E-state index in [-0.39, 0.29) is 17.0 Å². The van der Waals surface area contributed by atoms with Crippen molar-refractivity contribution in [2.45, 2.75) is 51.4 Å². The quantitative estimate of drug-likeness (QED) is 0.680. The van der Waals surface area contributed by atoms with Gasteiger partial charge in [0.25, 0.3) is 0 Å². The molecule has 1 rings (SSSR count). The standard InChI is InChI=1S/C11H23NO2Si/c1-11(2,3)15(5,6)14-9-7-10(13)12(4)8-9/h9H,7-8H2,1-6H3. The molecular weight excluding hydrogens is 206 g/mol. The predicted molar refractivity (Wildman–Crippen MR) is 64.3 cm³/mol. The van der Waals surface area contributed by atoms with Gasteiger partial charge in [-0.25, -0.2) is 0 Å². The van der Waals surface area contributed by atoms with Crippen molar-refractivity contribution in [2.75, 3.05) is 13.6 Å². The molecule has 1 unspecified atom stereocenters. The minimum absolute atomic E-state index is 0.114. The van der Waals surface area contributed by atoms with Crippen molar-refractivity contribution < 1.29 is 9.22 Å². The zero-order valence-electron chi connectivity index (χ0n) is 10.8. The molecule has 0 aromatic rings. The molecule has 1 atom stereocenters. The first-order chi connectivity index (χ1) is 6.63. The van der Waals surface area contributed by atoms with E-state index in [1.807, 2.05) is 7.05 Å². The van der Waals surface area contributed by atoms with Crippen molar-refractivity contribution >= 4 is 14.2 Å². The smallest absolute Gasteiger partial charge is 0.225 e. The summed E-state index contributed by atoms with van der Waals surface area (Å²) in [6.45, 7) is 11.9. The van der Waals surface area contributed by atoms with Crippen molar-refractivity contribution in [3.8, 4) is 0 Å². The maximum Gasteiger partial charge on any atom is 0.225 e. The van der Waals surface area contributed by atoms with Gasteiger partial charge in [-0.15, -0.1) is 0 Å². The Morgan fingerprint density at radius 1 is 1.40 bits per heavy atom. The van der Waals surface area contributed by atoms with Crippen LogP contribution in [0.3, 0.4) is 0 Å². The topological polar surface area (TPSA) is 29.5 Å². The van der Waals surface area contributed by atoms with E-state index in [0.717, 1.165) is 6.54 Å². The minimum Gasteiger partial charge on any atom is -0.412 e. The van der Waals surface area contributed by atoms with Gasteiger partial charge in [0.15, 0.2) is 8.32 Å². The second kappa shape index (κ2) is 3.90. The van der Waals surface area contributed by atoms with Crippen LogP contribution in [0.15, 0.2) is 0 Å². The number of carbonyl (C=O) groups is 1. The lowest BCUT2D eigenvalue weighted by Crippen LogP contribution is -2.44. The summed E-state index contributed by atoms with van der Waals surface area (Å²) in [5.74, 6) is 0.207. The number of nitrogens with zero attached hydrogens (tertiary/aromatic N) is 1. The van der Waals surface area contributed by atoms with Gasteiger partial charge in [-0.05, 0) is 18.1 Å². The van der Waals surface area contributed by atoms with Gasteiger partial charge in [-0.2, -0.15) is 0 Å². The van der Waals surface area contributed by atoms with Crippen LogP contribution in [0, 0.1) is 0 Å². The van der Waals surface area contributed by atoms with Gasteiger partial charge >= 0.3 is 0 Å². The van der Waals surface area contributed by atoms with Gasteiger partial charge in [0.2, 0.25) is 5.91 Å². The summed E-state index contributed by atoms with van der Waals surface area (Å²) in [5.41, 5.74) is 0. The van der Waals surface area contributed by atoms with Crippen molar-refractivity contribution in [3.05, 3.63) is 0 Å². The van der Waals surface area contributed by atoms with Crippen molar-refractivity contribution in [2.24, 2.45) is 0 Å². The van der Waals surface area contributed by atoms with Crippen LogP contribution < -0.4 is 0 Å². The second-order valence-corrected chi connectivity index (χ2v) is 10.7. The molecule has 15 heavy (non-hydrogen) atoms. The van der Waals surface area contributed by atoms with E-state index in [2.05, 4.69) is 33.9 Å². The van der Waals surface area contributed by atoms with Crippen molar-refractivity contribution in [1.82, 2.24) is 4.90 Å². The number of likely N-dealkylation sites (tertiary alicyclic amines) is 1. The largest absolute Gasteiger partial charge is 0.412 e. The molecule has 1 saturated heterocycles. The van der Waals surface area contributed by atoms with E-state index in [4.69, 9.17) is 4.43 Å². The second-order valence-electron chi connectivity index (χ2n) is 5.98. The summed E-state index contributed by atoms with van der Waals surface area (Å²) in [6, 6.07) is 0. The van der Waals surface area contributed by atoms with Gasteiger partial charge in [0, 0.05) is 13.6 Å². The zero-order chi connectivity index (χ0) is 11.9. The fraction of sp³-hybridized carbons (Fsp3) is 0.909. The number of hydrogen-bond acceptors (Lipinski definition) is 2. The lowest BCUT2D eigenvalue weighted by atomic mass is 10.2. The molecule has 0 bridgehead atoms. The van der Waals surface area contributed by atoms with Crippen LogP contribution in [0.25, 0.3) is 0 Å². The predicted octanol–water partition coefficient (Wildman–Crippen LogP) is 2.24. The maximum atomic E-state index is 11.4. The van der Waals surface area contributed by atoms with Crippen LogP contribution in [0.1, 0.15) is 27.2 Å². The summed E-state index contributed by atoms with van der Waals surface area (Å²) in [6.07, 6.45) is 0.673. The molecule has 1 fully saturated rings. The van der Waals surface area contributed by atoms with Crippen LogP contribution in [-0.2, 0) is 9.22 Å². The van der Waals surface area contributed by atoms with E-state index in [9.17, 15) is 4.79 Å². The Morgan fingerprint density at radius 2 is 1.93 bits per heavy atom. The number of carbonyl (C=O) groups excluding carboxylic acids is 1. The molecule has 1 aliphatic heterocycles. The van der Waals surface area contributed by atoms with Gasteiger partial charge in [0.1, 0.15) is 0 Å². The van der Waals surface area contributed by atoms with E-state index < -0.39 is 8.32 Å². The lowest BCUT2D eigenvalue weighted by Gasteiger charge is -2.38. The first-order valence-electron chi connectivity index (χ1n) is 5.55. The highest BCUT2D eigenvalue weighted by molar-refractivity contribution is 6.74. The van der Waals surface area contributed by atoms with Crippen molar-refractivity contribution in [3.63, 3.8) is 0 Å². The van der Waals surface area contributed by atoms with Gasteiger partial charge in [-0.3, -0.25) is 4.79 Å². The normalized spacial score (nSPS) is 23.7. The monoisotopic (exact) mass is 229 g/mol. The first-order valence-corrected chi connectivity index (χ1v) is 8.46. The van der Waals surface area contributed by atoms with Crippen LogP contribution in [0.2, 0.25) is 18.1 Å². The van der Waals surface area contributed by atoms with Crippen LogP contribution in [-0.4, -0.2) is 38.8 Å².